The highest BCUT2D eigenvalue weighted by Crippen LogP contribution is 2.14. The van der Waals surface area contributed by atoms with Crippen molar-refractivity contribution in [3.63, 3.8) is 0 Å². The average molecular weight is 171 g/mol. The van der Waals surface area contributed by atoms with Gasteiger partial charge in [0.25, 0.3) is 0 Å². The van der Waals surface area contributed by atoms with Gasteiger partial charge in [-0.2, -0.15) is 0 Å². The van der Waals surface area contributed by atoms with Gasteiger partial charge in [-0.3, -0.25) is 4.98 Å². The molecule has 2 heterocycles. The van der Waals surface area contributed by atoms with Gasteiger partial charge in [-0.1, -0.05) is 0 Å². The number of pyridine rings is 1. The van der Waals surface area contributed by atoms with Crippen LogP contribution in [-0.4, -0.2) is 15.0 Å². The number of rotatable bonds is 1. The second-order valence-electron chi connectivity index (χ2n) is 2.50. The summed E-state index contributed by atoms with van der Waals surface area (Å²) in [5, 5.41) is 0. The Kier molecular flexibility index (Phi) is 1.88. The minimum Gasteiger partial charge on any atom is -0.368 e. The lowest BCUT2D eigenvalue weighted by Crippen LogP contribution is -1.93. The van der Waals surface area contributed by atoms with Crippen LogP contribution in [0.15, 0.2) is 30.9 Å². The van der Waals surface area contributed by atoms with E-state index in [0.717, 1.165) is 11.1 Å². The lowest BCUT2D eigenvalue weighted by atomic mass is 10.2. The lowest BCUT2D eigenvalue weighted by molar-refractivity contribution is 1.18. The molecule has 0 spiro atoms. The van der Waals surface area contributed by atoms with E-state index in [0.29, 0.717) is 0 Å². The van der Waals surface area contributed by atoms with Crippen LogP contribution in [0.5, 0.6) is 0 Å². The molecule has 2 aromatic rings. The third-order valence-corrected chi connectivity index (χ3v) is 1.61. The standard InChI is InChI=1S/C9H7N4/c10-9-12-5-8(6-13-9)7-2-1-3-11-4-7/h2-6H,(H2,10,12,13). The monoisotopic (exact) mass is 171 g/mol. The highest BCUT2D eigenvalue weighted by atomic mass is 15.0. The quantitative estimate of drug-likeness (QED) is 0.692. The maximum atomic E-state index is 5.36. The van der Waals surface area contributed by atoms with Crippen molar-refractivity contribution in [2.45, 2.75) is 0 Å². The van der Waals surface area contributed by atoms with E-state index in [1.54, 1.807) is 24.8 Å². The van der Waals surface area contributed by atoms with E-state index in [-0.39, 0.29) is 5.95 Å². The van der Waals surface area contributed by atoms with Gasteiger partial charge in [0.2, 0.25) is 5.95 Å². The normalized spacial score (nSPS) is 9.85. The smallest absolute Gasteiger partial charge is 0.219 e. The molecular weight excluding hydrogens is 164 g/mol. The number of hydrogen-bond acceptors (Lipinski definition) is 4. The molecule has 2 N–H and O–H groups in total. The van der Waals surface area contributed by atoms with Gasteiger partial charge >= 0.3 is 0 Å². The summed E-state index contributed by atoms with van der Waals surface area (Å²) >= 11 is 0. The first kappa shape index (κ1) is 7.67. The zero-order valence-electron chi connectivity index (χ0n) is 6.81. The fourth-order valence-corrected chi connectivity index (χ4v) is 0.970. The third-order valence-electron chi connectivity index (χ3n) is 1.61. The van der Waals surface area contributed by atoms with Gasteiger partial charge in [-0.15, -0.1) is 0 Å². The van der Waals surface area contributed by atoms with Gasteiger partial charge in [0.15, 0.2) is 0 Å². The second kappa shape index (κ2) is 3.18. The van der Waals surface area contributed by atoms with Gasteiger partial charge in [0.05, 0.1) is 0 Å². The molecule has 4 nitrogen and oxygen atoms in total. The van der Waals surface area contributed by atoms with Crippen LogP contribution in [-0.2, 0) is 0 Å². The molecule has 0 saturated heterocycles. The van der Waals surface area contributed by atoms with E-state index < -0.39 is 0 Å². The van der Waals surface area contributed by atoms with E-state index >= 15 is 0 Å². The van der Waals surface area contributed by atoms with Gasteiger partial charge in [0, 0.05) is 42.0 Å². The number of nitrogens with two attached hydrogens (primary N) is 1. The number of hydrogen-bond donors (Lipinski definition) is 1. The average Bonchev–Trinajstić information content (AvgIpc) is 2.20. The molecule has 0 unspecified atom stereocenters. The van der Waals surface area contributed by atoms with Crippen molar-refractivity contribution >= 4 is 5.95 Å². The molecule has 63 valence electrons. The van der Waals surface area contributed by atoms with Gasteiger partial charge in [-0.05, 0) is 6.07 Å². The number of anilines is 1. The maximum absolute atomic E-state index is 5.36. The predicted molar refractivity (Wildman–Crippen MR) is 48.5 cm³/mol. The van der Waals surface area contributed by atoms with E-state index in [9.17, 15) is 0 Å². The molecule has 0 aliphatic heterocycles. The molecular formula is C9H7N4. The van der Waals surface area contributed by atoms with Gasteiger partial charge < -0.3 is 5.73 Å². The molecule has 2 rings (SSSR count). The summed E-state index contributed by atoms with van der Waals surface area (Å²) in [5.74, 6) is 0.275. The fourth-order valence-electron chi connectivity index (χ4n) is 0.970. The molecule has 0 bridgehead atoms. The Morgan fingerprint density at radius 1 is 1.08 bits per heavy atom. The summed E-state index contributed by atoms with van der Waals surface area (Å²) in [4.78, 5) is 11.7. The van der Waals surface area contributed by atoms with Crippen LogP contribution in [0.1, 0.15) is 0 Å². The summed E-state index contributed by atoms with van der Waals surface area (Å²) in [5.41, 5.74) is 7.18. The van der Waals surface area contributed by atoms with Crippen LogP contribution in [0.25, 0.3) is 11.1 Å². The van der Waals surface area contributed by atoms with Gasteiger partial charge in [-0.25, -0.2) is 9.97 Å². The van der Waals surface area contributed by atoms with Crippen LogP contribution in [0.4, 0.5) is 5.95 Å². The zero-order valence-corrected chi connectivity index (χ0v) is 6.81. The first-order chi connectivity index (χ1) is 6.36. The molecule has 0 aliphatic carbocycles. The van der Waals surface area contributed by atoms with Crippen LogP contribution in [0.2, 0.25) is 0 Å². The Hall–Kier alpha value is -1.97. The van der Waals surface area contributed by atoms with Crippen molar-refractivity contribution in [3.8, 4) is 11.1 Å². The highest BCUT2D eigenvalue weighted by molar-refractivity contribution is 5.60. The second-order valence-corrected chi connectivity index (χ2v) is 2.50. The van der Waals surface area contributed by atoms with Crippen molar-refractivity contribution in [2.75, 3.05) is 5.73 Å². The minimum atomic E-state index is 0.275. The maximum Gasteiger partial charge on any atom is 0.219 e. The van der Waals surface area contributed by atoms with Crippen LogP contribution in [0.3, 0.4) is 0 Å². The van der Waals surface area contributed by atoms with Crippen molar-refractivity contribution < 1.29 is 0 Å². The molecule has 0 saturated carbocycles. The van der Waals surface area contributed by atoms with E-state index in [1.807, 2.05) is 6.07 Å². The molecule has 0 aromatic carbocycles. The van der Waals surface area contributed by atoms with Crippen LogP contribution >= 0.6 is 0 Å². The van der Waals surface area contributed by atoms with E-state index in [4.69, 9.17) is 5.73 Å². The van der Waals surface area contributed by atoms with Gasteiger partial charge in [0.1, 0.15) is 0 Å². The summed E-state index contributed by atoms with van der Waals surface area (Å²) in [6.07, 6.45) is 6.65. The molecule has 0 aliphatic rings. The summed E-state index contributed by atoms with van der Waals surface area (Å²) in [6.45, 7) is 0. The fraction of sp³-hybridized carbons (Fsp3) is 0. The first-order valence-electron chi connectivity index (χ1n) is 3.75. The highest BCUT2D eigenvalue weighted by Gasteiger charge is 1.97. The molecule has 0 fully saturated rings. The lowest BCUT2D eigenvalue weighted by Gasteiger charge is -1.98. The minimum absolute atomic E-state index is 0.275. The Balaban J connectivity index is 2.42. The summed E-state index contributed by atoms with van der Waals surface area (Å²) in [6, 6.07) is 4.70. The third kappa shape index (κ3) is 1.61. The van der Waals surface area contributed by atoms with Crippen LogP contribution < -0.4 is 5.73 Å². The Morgan fingerprint density at radius 3 is 2.46 bits per heavy atom. The summed E-state index contributed by atoms with van der Waals surface area (Å²) < 4.78 is 0. The van der Waals surface area contributed by atoms with E-state index in [1.165, 1.54) is 0 Å². The molecule has 0 amide bonds. The first-order valence-corrected chi connectivity index (χ1v) is 3.75. The van der Waals surface area contributed by atoms with Crippen molar-refractivity contribution in [2.24, 2.45) is 0 Å². The van der Waals surface area contributed by atoms with Crippen LogP contribution in [0, 0.1) is 6.07 Å². The molecule has 0 atom stereocenters. The largest absolute Gasteiger partial charge is 0.368 e. The zero-order chi connectivity index (χ0) is 9.10. The molecule has 1 radical (unpaired) electrons. The Bertz CT molecular complexity index is 382. The van der Waals surface area contributed by atoms with Crippen molar-refractivity contribution in [1.29, 1.82) is 0 Å². The molecule has 2 aromatic heterocycles. The van der Waals surface area contributed by atoms with Crippen molar-refractivity contribution in [1.82, 2.24) is 15.0 Å². The number of aromatic nitrogens is 3. The molecule has 13 heavy (non-hydrogen) atoms. The van der Waals surface area contributed by atoms with Crippen molar-refractivity contribution in [3.05, 3.63) is 36.9 Å². The number of nitrogens with zero attached hydrogens (tertiary/aromatic N) is 3. The Labute approximate surface area is 75.5 Å². The Morgan fingerprint density at radius 2 is 1.85 bits per heavy atom. The van der Waals surface area contributed by atoms with E-state index in [2.05, 4.69) is 21.0 Å². The molecule has 4 heteroatoms. The SMILES string of the molecule is Nc1ncc(-c2c[c]cnc2)cn1. The number of nitrogen functional groups attached to an aromatic ring is 1. The topological polar surface area (TPSA) is 64.7 Å². The summed E-state index contributed by atoms with van der Waals surface area (Å²) in [7, 11) is 0. The predicted octanol–water partition coefficient (Wildman–Crippen LogP) is 0.921.